The molecule has 4 heterocycles. The van der Waals surface area contributed by atoms with Crippen LogP contribution in [0, 0.1) is 27.7 Å². The number of halogens is 2. The first-order valence-electron chi connectivity index (χ1n) is 21.3. The van der Waals surface area contributed by atoms with E-state index in [2.05, 4.69) is 30.3 Å². The van der Waals surface area contributed by atoms with Gasteiger partial charge in [0.15, 0.2) is 24.8 Å². The standard InChI is InChI=1S/C52H48Cl2N2O6S4/c1-7-61-43(57)23-41-45(55-25-31(3)20-32(4)26-55)51(65-49(41)47(59)37-12-16-39(53)17-13-37)63-29-35-10-9-11-36(22-35)30-64-52-46(56-27-33(5)21-34(6)28-56)42(24-44(58)62-8-2)50(66-52)48(60)38-14-18-40(54)19-15-38/h9-22,25-28H,7-8,23-24,29-30H2,1-6H3/q+2. The van der Waals surface area contributed by atoms with Gasteiger partial charge in [-0.3, -0.25) is 19.2 Å². The van der Waals surface area contributed by atoms with Crippen molar-refractivity contribution in [1.29, 1.82) is 0 Å². The first-order chi connectivity index (χ1) is 31.7. The third-order valence-electron chi connectivity index (χ3n) is 10.3. The van der Waals surface area contributed by atoms with Crippen LogP contribution in [-0.4, -0.2) is 36.7 Å². The number of thiophene rings is 2. The van der Waals surface area contributed by atoms with Gasteiger partial charge >= 0.3 is 11.9 Å². The number of ketones is 2. The number of hydrogen-bond donors (Lipinski definition) is 0. The molecule has 0 saturated heterocycles. The van der Waals surface area contributed by atoms with Gasteiger partial charge in [-0.25, -0.2) is 0 Å². The zero-order valence-electron chi connectivity index (χ0n) is 37.4. The summed E-state index contributed by atoms with van der Waals surface area (Å²) in [5.74, 6) is -0.0410. The molecule has 0 fully saturated rings. The lowest BCUT2D eigenvalue weighted by atomic mass is 10.0. The molecule has 7 aromatic rings. The molecule has 0 amide bonds. The van der Waals surface area contributed by atoms with Crippen molar-refractivity contribution >= 4 is 92.9 Å². The molecule has 0 spiro atoms. The Morgan fingerprint density at radius 3 is 1.26 bits per heavy atom. The quantitative estimate of drug-likeness (QED) is 0.0363. The third-order valence-corrected chi connectivity index (χ3v) is 15.9. The molecule has 0 unspecified atom stereocenters. The van der Waals surface area contributed by atoms with Crippen LogP contribution in [-0.2, 0) is 43.4 Å². The minimum absolute atomic E-state index is 0.0682. The van der Waals surface area contributed by atoms with E-state index < -0.39 is 11.9 Å². The number of thioether (sulfide) groups is 2. The molecule has 0 saturated carbocycles. The van der Waals surface area contributed by atoms with Crippen LogP contribution < -0.4 is 9.13 Å². The molecule has 7 rings (SSSR count). The summed E-state index contributed by atoms with van der Waals surface area (Å²) in [7, 11) is 0. The van der Waals surface area contributed by atoms with Crippen LogP contribution in [0.4, 0.5) is 0 Å². The number of rotatable bonds is 18. The van der Waals surface area contributed by atoms with E-state index in [-0.39, 0.29) is 37.6 Å². The van der Waals surface area contributed by atoms with Gasteiger partial charge in [0.25, 0.3) is 0 Å². The Kier molecular flexibility index (Phi) is 16.4. The van der Waals surface area contributed by atoms with Gasteiger partial charge in [-0.15, -0.1) is 46.2 Å². The number of esters is 2. The molecule has 4 aromatic heterocycles. The van der Waals surface area contributed by atoms with Gasteiger partial charge in [-0.2, -0.15) is 9.13 Å². The molecule has 0 radical (unpaired) electrons. The SMILES string of the molecule is CCOC(=O)Cc1c(C(=O)c2ccc(Cl)cc2)sc(SCc2cccc(CSc3sc(C(=O)c4ccc(Cl)cc4)c(CC(=O)OCC)c3-[n+]3cc(C)cc(C)c3)c2)c1-[n+]1cc(C)cc(C)c1. The van der Waals surface area contributed by atoms with E-state index in [0.29, 0.717) is 53.6 Å². The van der Waals surface area contributed by atoms with Gasteiger partial charge in [0.05, 0.1) is 46.9 Å². The van der Waals surface area contributed by atoms with Crippen molar-refractivity contribution in [3.63, 3.8) is 0 Å². The number of carbonyl (C=O) groups excluding carboxylic acids is 4. The molecule has 338 valence electrons. The molecule has 8 nitrogen and oxygen atoms in total. The smallest absolute Gasteiger partial charge is 0.310 e. The summed E-state index contributed by atoms with van der Waals surface area (Å²) < 4.78 is 16.7. The number of carbonyl (C=O) groups is 4. The molecule has 0 N–H and O–H groups in total. The van der Waals surface area contributed by atoms with Gasteiger partial charge < -0.3 is 9.47 Å². The topological polar surface area (TPSA) is 94.5 Å². The molecule has 0 aliphatic rings. The van der Waals surface area contributed by atoms with Crippen molar-refractivity contribution in [3.05, 3.63) is 185 Å². The minimum Gasteiger partial charge on any atom is -0.466 e. The molecule has 14 heteroatoms. The van der Waals surface area contributed by atoms with E-state index in [1.807, 2.05) is 67.7 Å². The predicted octanol–water partition coefficient (Wildman–Crippen LogP) is 12.2. The second-order valence-electron chi connectivity index (χ2n) is 15.7. The molecule has 66 heavy (non-hydrogen) atoms. The summed E-state index contributed by atoms with van der Waals surface area (Å²) in [6.45, 7) is 12.1. The predicted molar refractivity (Wildman–Crippen MR) is 267 cm³/mol. The third kappa shape index (κ3) is 11.9. The highest BCUT2D eigenvalue weighted by Crippen LogP contribution is 2.42. The van der Waals surface area contributed by atoms with Gasteiger partial charge in [-0.1, -0.05) is 47.5 Å². The number of pyridine rings is 2. The average molecular weight is 996 g/mol. The van der Waals surface area contributed by atoms with E-state index in [1.165, 1.54) is 22.7 Å². The lowest BCUT2D eigenvalue weighted by Crippen LogP contribution is -2.33. The van der Waals surface area contributed by atoms with E-state index in [4.69, 9.17) is 32.7 Å². The number of benzene rings is 3. The zero-order chi connectivity index (χ0) is 47.1. The molecule has 0 aliphatic heterocycles. The maximum Gasteiger partial charge on any atom is 0.310 e. The lowest BCUT2D eigenvalue weighted by Gasteiger charge is -2.08. The molecular formula is C52H48Cl2N2O6S4+2. The van der Waals surface area contributed by atoms with E-state index >= 15 is 0 Å². The highest BCUT2D eigenvalue weighted by molar-refractivity contribution is 8.00. The Hall–Kier alpha value is -5.08. The molecule has 0 bridgehead atoms. The Labute approximate surface area is 411 Å². The van der Waals surface area contributed by atoms with Crippen LogP contribution in [0.5, 0.6) is 0 Å². The summed E-state index contributed by atoms with van der Waals surface area (Å²) in [4.78, 5) is 55.9. The Bertz CT molecular complexity index is 2710. The van der Waals surface area contributed by atoms with Crippen LogP contribution in [0.2, 0.25) is 10.0 Å². The van der Waals surface area contributed by atoms with E-state index in [1.54, 1.807) is 85.9 Å². The highest BCUT2D eigenvalue weighted by atomic mass is 35.5. The number of hydrogen-bond acceptors (Lipinski definition) is 10. The number of aryl methyl sites for hydroxylation is 4. The van der Waals surface area contributed by atoms with Crippen molar-refractivity contribution in [2.45, 2.75) is 74.3 Å². The van der Waals surface area contributed by atoms with Gasteiger partial charge in [0.1, 0.15) is 8.42 Å². The normalized spacial score (nSPS) is 11.2. The number of aromatic nitrogens is 2. The maximum atomic E-state index is 14.3. The van der Waals surface area contributed by atoms with E-state index in [0.717, 1.165) is 53.2 Å². The van der Waals surface area contributed by atoms with Crippen LogP contribution in [0.1, 0.15) is 88.8 Å². The maximum absolute atomic E-state index is 14.3. The van der Waals surface area contributed by atoms with Crippen LogP contribution in [0.25, 0.3) is 11.4 Å². The average Bonchev–Trinajstić information content (AvgIpc) is 3.82. The van der Waals surface area contributed by atoms with Crippen molar-refractivity contribution in [2.75, 3.05) is 13.2 Å². The molecule has 3 aromatic carbocycles. The van der Waals surface area contributed by atoms with Gasteiger partial charge in [0, 0.05) is 54.9 Å². The van der Waals surface area contributed by atoms with Crippen LogP contribution in [0.15, 0.2) is 118 Å². The highest BCUT2D eigenvalue weighted by Gasteiger charge is 2.34. The second-order valence-corrected chi connectivity index (χ2v) is 21.1. The number of ether oxygens (including phenoxy) is 2. The fraction of sp³-hybridized carbons (Fsp3) is 0.231. The first kappa shape index (κ1) is 48.8. The Morgan fingerprint density at radius 2 is 0.909 bits per heavy atom. The van der Waals surface area contributed by atoms with Crippen molar-refractivity contribution in [2.24, 2.45) is 0 Å². The van der Waals surface area contributed by atoms with Crippen LogP contribution >= 0.6 is 69.4 Å². The van der Waals surface area contributed by atoms with Crippen LogP contribution in [0.3, 0.4) is 0 Å². The summed E-state index contributed by atoms with van der Waals surface area (Å²) >= 11 is 18.4. The zero-order valence-corrected chi connectivity index (χ0v) is 42.1. The summed E-state index contributed by atoms with van der Waals surface area (Å²) in [6, 6.07) is 26.1. The number of nitrogens with zero attached hydrogens (tertiary/aromatic N) is 2. The summed E-state index contributed by atoms with van der Waals surface area (Å²) in [5.41, 5.74) is 10.0. The monoisotopic (exact) mass is 994 g/mol. The first-order valence-corrected chi connectivity index (χ1v) is 25.6. The van der Waals surface area contributed by atoms with Crippen molar-refractivity contribution in [1.82, 2.24) is 0 Å². The summed E-state index contributed by atoms with van der Waals surface area (Å²) in [6.07, 6.45) is 7.93. The molecular weight excluding hydrogens is 948 g/mol. The molecule has 0 atom stereocenters. The molecule has 0 aliphatic carbocycles. The minimum atomic E-state index is -0.409. The van der Waals surface area contributed by atoms with Gasteiger partial charge in [0.2, 0.25) is 22.9 Å². The Morgan fingerprint density at radius 1 is 0.545 bits per heavy atom. The van der Waals surface area contributed by atoms with E-state index in [9.17, 15) is 19.2 Å². The largest absolute Gasteiger partial charge is 0.466 e. The van der Waals surface area contributed by atoms with Crippen molar-refractivity contribution < 1.29 is 37.8 Å². The fourth-order valence-corrected chi connectivity index (χ4v) is 12.9. The fourth-order valence-electron chi connectivity index (χ4n) is 7.64. The van der Waals surface area contributed by atoms with Crippen molar-refractivity contribution in [3.8, 4) is 11.4 Å². The summed E-state index contributed by atoms with van der Waals surface area (Å²) in [5, 5.41) is 1.05. The Balaban J connectivity index is 1.24. The lowest BCUT2D eigenvalue weighted by molar-refractivity contribution is -0.599. The van der Waals surface area contributed by atoms with Gasteiger partial charge in [-0.05, 0) is 113 Å². The second kappa shape index (κ2) is 22.1.